The van der Waals surface area contributed by atoms with Crippen molar-refractivity contribution in [3.63, 3.8) is 0 Å². The highest BCUT2D eigenvalue weighted by Gasteiger charge is 2.17. The summed E-state index contributed by atoms with van der Waals surface area (Å²) in [6, 6.07) is 7.32. The molecule has 0 heterocycles. The van der Waals surface area contributed by atoms with Gasteiger partial charge in [0.25, 0.3) is 0 Å². The molecule has 1 aromatic carbocycles. The number of rotatable bonds is 7. The average molecular weight is 249 g/mol. The van der Waals surface area contributed by atoms with Crippen LogP contribution in [0.2, 0.25) is 0 Å². The van der Waals surface area contributed by atoms with Crippen LogP contribution in [0.1, 0.15) is 44.0 Å². The van der Waals surface area contributed by atoms with Crippen LogP contribution < -0.4 is 10.5 Å². The molecule has 2 N–H and O–H groups in total. The minimum absolute atomic E-state index is 0.0631. The molecule has 0 saturated carbocycles. The molecule has 0 spiro atoms. The third-order valence-corrected chi connectivity index (χ3v) is 2.80. The molecular weight excluding hydrogens is 226 g/mol. The number of benzene rings is 1. The van der Waals surface area contributed by atoms with Gasteiger partial charge in [-0.2, -0.15) is 0 Å². The summed E-state index contributed by atoms with van der Waals surface area (Å²) >= 11 is 0. The molecule has 1 aromatic rings. The minimum Gasteiger partial charge on any atom is -0.491 e. The molecule has 0 aliphatic rings. The van der Waals surface area contributed by atoms with E-state index in [0.717, 1.165) is 24.2 Å². The highest BCUT2D eigenvalue weighted by atomic mass is 16.5. The maximum atomic E-state index is 12.2. The fourth-order valence-corrected chi connectivity index (χ4v) is 1.91. The van der Waals surface area contributed by atoms with E-state index in [1.807, 2.05) is 38.1 Å². The first-order chi connectivity index (χ1) is 8.58. The number of hydrogen-bond donors (Lipinski definition) is 1. The van der Waals surface area contributed by atoms with Crippen LogP contribution >= 0.6 is 0 Å². The van der Waals surface area contributed by atoms with E-state index in [-0.39, 0.29) is 17.8 Å². The van der Waals surface area contributed by atoms with E-state index in [0.29, 0.717) is 6.54 Å². The maximum Gasteiger partial charge on any atom is 0.167 e. The monoisotopic (exact) mass is 249 g/mol. The van der Waals surface area contributed by atoms with Crippen LogP contribution in [0.15, 0.2) is 24.3 Å². The summed E-state index contributed by atoms with van der Waals surface area (Å²) < 4.78 is 5.55. The predicted molar refractivity (Wildman–Crippen MR) is 74.0 cm³/mol. The third-order valence-electron chi connectivity index (χ3n) is 2.80. The summed E-state index contributed by atoms with van der Waals surface area (Å²) in [5.74, 6) is 0.864. The van der Waals surface area contributed by atoms with E-state index < -0.39 is 0 Å². The molecule has 0 radical (unpaired) electrons. The summed E-state index contributed by atoms with van der Waals surface area (Å²) in [6.45, 7) is 6.43. The van der Waals surface area contributed by atoms with Gasteiger partial charge in [0.1, 0.15) is 5.75 Å². The number of carbonyl (C=O) groups is 1. The molecule has 0 aromatic heterocycles. The number of Topliss-reactive ketones (excluding diaryl/α,β-unsaturated/α-hetero) is 1. The quantitative estimate of drug-likeness (QED) is 0.756. The van der Waals surface area contributed by atoms with Gasteiger partial charge in [-0.05, 0) is 44.5 Å². The molecular formula is C15H23NO2. The lowest BCUT2D eigenvalue weighted by atomic mass is 9.93. The summed E-state index contributed by atoms with van der Waals surface area (Å²) in [5, 5.41) is 0. The summed E-state index contributed by atoms with van der Waals surface area (Å²) in [5.41, 5.74) is 6.36. The van der Waals surface area contributed by atoms with Crippen molar-refractivity contribution in [2.75, 3.05) is 6.54 Å². The number of ether oxygens (including phenoxy) is 1. The van der Waals surface area contributed by atoms with Gasteiger partial charge in [-0.25, -0.2) is 0 Å². The van der Waals surface area contributed by atoms with Gasteiger partial charge in [0.15, 0.2) is 5.78 Å². The van der Waals surface area contributed by atoms with Gasteiger partial charge in [-0.3, -0.25) is 4.79 Å². The Kier molecular flexibility index (Phi) is 5.86. The van der Waals surface area contributed by atoms with Crippen molar-refractivity contribution in [2.45, 2.75) is 39.7 Å². The molecule has 3 heteroatoms. The predicted octanol–water partition coefficient (Wildman–Crippen LogP) is 3.03. The molecule has 1 atom stereocenters. The molecule has 0 bridgehead atoms. The number of hydrogen-bond acceptors (Lipinski definition) is 3. The van der Waals surface area contributed by atoms with E-state index in [1.165, 1.54) is 0 Å². The van der Waals surface area contributed by atoms with Gasteiger partial charge in [-0.15, -0.1) is 0 Å². The lowest BCUT2D eigenvalue weighted by molar-refractivity contribution is 0.0917. The Bertz CT molecular complexity index is 371. The van der Waals surface area contributed by atoms with E-state index >= 15 is 0 Å². The minimum atomic E-state index is -0.0631. The molecule has 3 nitrogen and oxygen atoms in total. The van der Waals surface area contributed by atoms with E-state index in [2.05, 4.69) is 6.92 Å². The van der Waals surface area contributed by atoms with Crippen LogP contribution in [0.5, 0.6) is 5.75 Å². The number of carbonyl (C=O) groups excluding carboxylic acids is 1. The van der Waals surface area contributed by atoms with Crippen molar-refractivity contribution in [1.82, 2.24) is 0 Å². The normalized spacial score (nSPS) is 12.5. The average Bonchev–Trinajstić information content (AvgIpc) is 2.35. The second kappa shape index (κ2) is 7.17. The van der Waals surface area contributed by atoms with Crippen molar-refractivity contribution in [2.24, 2.45) is 11.7 Å². The van der Waals surface area contributed by atoms with E-state index in [1.54, 1.807) is 0 Å². The van der Waals surface area contributed by atoms with Crippen LogP contribution in [-0.2, 0) is 0 Å². The first-order valence-electron chi connectivity index (χ1n) is 6.59. The first kappa shape index (κ1) is 14.7. The van der Waals surface area contributed by atoms with Gasteiger partial charge < -0.3 is 10.5 Å². The number of nitrogens with two attached hydrogens (primary N) is 1. The smallest absolute Gasteiger partial charge is 0.167 e. The van der Waals surface area contributed by atoms with Crippen molar-refractivity contribution in [3.8, 4) is 5.75 Å². The summed E-state index contributed by atoms with van der Waals surface area (Å²) in [7, 11) is 0. The Morgan fingerprint density at radius 3 is 2.33 bits per heavy atom. The van der Waals surface area contributed by atoms with E-state index in [9.17, 15) is 4.79 Å². The van der Waals surface area contributed by atoms with Crippen LogP contribution in [0.4, 0.5) is 0 Å². The Labute approximate surface area is 109 Å². The zero-order valence-electron chi connectivity index (χ0n) is 11.5. The molecule has 0 aliphatic heterocycles. The Morgan fingerprint density at radius 1 is 1.28 bits per heavy atom. The largest absolute Gasteiger partial charge is 0.491 e. The Morgan fingerprint density at radius 2 is 1.89 bits per heavy atom. The van der Waals surface area contributed by atoms with Crippen molar-refractivity contribution >= 4 is 5.78 Å². The zero-order valence-corrected chi connectivity index (χ0v) is 11.5. The lowest BCUT2D eigenvalue weighted by Gasteiger charge is -2.13. The van der Waals surface area contributed by atoms with Crippen molar-refractivity contribution in [1.29, 1.82) is 0 Å². The van der Waals surface area contributed by atoms with Gasteiger partial charge in [0, 0.05) is 18.0 Å². The fraction of sp³-hybridized carbons (Fsp3) is 0.533. The van der Waals surface area contributed by atoms with Crippen LogP contribution in [0.3, 0.4) is 0 Å². The molecule has 1 unspecified atom stereocenters. The van der Waals surface area contributed by atoms with Gasteiger partial charge in [0.2, 0.25) is 0 Å². The Hall–Kier alpha value is -1.35. The first-order valence-corrected chi connectivity index (χ1v) is 6.59. The second-order valence-corrected chi connectivity index (χ2v) is 4.78. The molecule has 0 aliphatic carbocycles. The Balaban J connectivity index is 2.74. The molecule has 0 amide bonds. The van der Waals surface area contributed by atoms with Crippen LogP contribution in [0, 0.1) is 5.92 Å². The summed E-state index contributed by atoms with van der Waals surface area (Å²) in [4.78, 5) is 12.2. The van der Waals surface area contributed by atoms with E-state index in [4.69, 9.17) is 10.5 Å². The molecule has 100 valence electrons. The van der Waals surface area contributed by atoms with Gasteiger partial charge in [-0.1, -0.05) is 13.3 Å². The zero-order chi connectivity index (χ0) is 13.5. The molecule has 1 rings (SSSR count). The second-order valence-electron chi connectivity index (χ2n) is 4.78. The fourth-order valence-electron chi connectivity index (χ4n) is 1.91. The third kappa shape index (κ3) is 4.15. The number of ketones is 1. The van der Waals surface area contributed by atoms with Crippen molar-refractivity contribution < 1.29 is 9.53 Å². The molecule has 18 heavy (non-hydrogen) atoms. The SMILES string of the molecule is CCCC(CN)C(=O)c1ccc(OC(C)C)cc1. The molecule has 0 fully saturated rings. The maximum absolute atomic E-state index is 12.2. The van der Waals surface area contributed by atoms with Gasteiger partial charge >= 0.3 is 0 Å². The summed E-state index contributed by atoms with van der Waals surface area (Å²) in [6.07, 6.45) is 1.96. The van der Waals surface area contributed by atoms with Gasteiger partial charge in [0.05, 0.1) is 6.10 Å². The highest BCUT2D eigenvalue weighted by molar-refractivity contribution is 5.98. The van der Waals surface area contributed by atoms with Crippen LogP contribution in [-0.4, -0.2) is 18.4 Å². The standard InChI is InChI=1S/C15H23NO2/c1-4-5-13(10-16)15(17)12-6-8-14(9-7-12)18-11(2)3/h6-9,11,13H,4-5,10,16H2,1-3H3. The lowest BCUT2D eigenvalue weighted by Crippen LogP contribution is -2.23. The van der Waals surface area contributed by atoms with Crippen molar-refractivity contribution in [3.05, 3.63) is 29.8 Å². The topological polar surface area (TPSA) is 52.3 Å². The molecule has 0 saturated heterocycles. The highest BCUT2D eigenvalue weighted by Crippen LogP contribution is 2.18. The van der Waals surface area contributed by atoms with Crippen LogP contribution in [0.25, 0.3) is 0 Å².